The molecule has 0 aromatic heterocycles. The second-order valence-electron chi connectivity index (χ2n) is 4.61. The van der Waals surface area contributed by atoms with Gasteiger partial charge in [0.25, 0.3) is 5.91 Å². The van der Waals surface area contributed by atoms with Crippen LogP contribution in [0.25, 0.3) is 10.8 Å². The van der Waals surface area contributed by atoms with E-state index in [0.29, 0.717) is 5.69 Å². The Morgan fingerprint density at radius 1 is 1.29 bits per heavy atom. The molecule has 6 heteroatoms. The van der Waals surface area contributed by atoms with Crippen LogP contribution < -0.4 is 11.1 Å². The molecule has 0 fully saturated rings. The molecular weight excluding hydrogens is 272 g/mol. The van der Waals surface area contributed by atoms with Crippen molar-refractivity contribution < 1.29 is 19.4 Å². The van der Waals surface area contributed by atoms with E-state index in [2.05, 4.69) is 5.32 Å². The van der Waals surface area contributed by atoms with Gasteiger partial charge in [-0.15, -0.1) is 0 Å². The van der Waals surface area contributed by atoms with Crippen LogP contribution in [0.15, 0.2) is 36.4 Å². The van der Waals surface area contributed by atoms with Crippen molar-refractivity contribution in [2.75, 3.05) is 19.5 Å². The van der Waals surface area contributed by atoms with Crippen LogP contribution in [0, 0.1) is 0 Å². The van der Waals surface area contributed by atoms with Gasteiger partial charge in [-0.05, 0) is 22.9 Å². The lowest BCUT2D eigenvalue weighted by Crippen LogP contribution is -2.44. The predicted molar refractivity (Wildman–Crippen MR) is 79.1 cm³/mol. The molecule has 2 aromatic rings. The van der Waals surface area contributed by atoms with Gasteiger partial charge >= 0.3 is 5.97 Å². The van der Waals surface area contributed by atoms with Gasteiger partial charge in [0, 0.05) is 12.8 Å². The van der Waals surface area contributed by atoms with E-state index in [1.54, 1.807) is 12.1 Å². The molecule has 0 heterocycles. The van der Waals surface area contributed by atoms with Gasteiger partial charge in [-0.25, -0.2) is 4.79 Å². The number of carbonyl (C=O) groups excluding carboxylic acids is 1. The lowest BCUT2D eigenvalue weighted by atomic mass is 10.0. The largest absolute Gasteiger partial charge is 0.480 e. The van der Waals surface area contributed by atoms with Gasteiger partial charge in [0.2, 0.25) is 0 Å². The fourth-order valence-corrected chi connectivity index (χ4v) is 2.03. The first-order valence-corrected chi connectivity index (χ1v) is 6.34. The number of aliphatic carboxylic acids is 1. The number of hydrogen-bond donors (Lipinski definition) is 3. The topological polar surface area (TPSA) is 102 Å². The van der Waals surface area contributed by atoms with E-state index in [1.807, 2.05) is 24.3 Å². The molecule has 2 rings (SSSR count). The number of anilines is 1. The minimum Gasteiger partial charge on any atom is -0.480 e. The number of nitrogens with two attached hydrogens (primary N) is 1. The van der Waals surface area contributed by atoms with Crippen LogP contribution in [0.2, 0.25) is 0 Å². The minimum absolute atomic E-state index is 0.117. The van der Waals surface area contributed by atoms with Gasteiger partial charge in [-0.3, -0.25) is 4.79 Å². The van der Waals surface area contributed by atoms with Crippen molar-refractivity contribution in [2.24, 2.45) is 0 Å². The Hall–Kier alpha value is -2.60. The van der Waals surface area contributed by atoms with E-state index in [9.17, 15) is 9.59 Å². The third-order valence-electron chi connectivity index (χ3n) is 3.10. The van der Waals surface area contributed by atoms with Gasteiger partial charge < -0.3 is 20.9 Å². The van der Waals surface area contributed by atoms with E-state index >= 15 is 0 Å². The number of benzene rings is 2. The first kappa shape index (κ1) is 14.8. The minimum atomic E-state index is -1.16. The van der Waals surface area contributed by atoms with Crippen LogP contribution in [-0.2, 0) is 9.53 Å². The number of nitrogens with one attached hydrogen (secondary N) is 1. The second kappa shape index (κ2) is 6.23. The molecule has 0 radical (unpaired) electrons. The standard InChI is InChI=1S/C15H16N2O4/c1-21-8-13(15(19)20)17-14(18)11-6-9-4-2-3-5-10(9)7-12(11)16/h2-7,13H,8,16H2,1H3,(H,17,18)(H,19,20). The summed E-state index contributed by atoms with van der Waals surface area (Å²) in [7, 11) is 1.37. The van der Waals surface area contributed by atoms with Crippen molar-refractivity contribution in [3.05, 3.63) is 42.0 Å². The van der Waals surface area contributed by atoms with Gasteiger partial charge in [0.15, 0.2) is 6.04 Å². The average molecular weight is 288 g/mol. The monoisotopic (exact) mass is 288 g/mol. The normalized spacial score (nSPS) is 12.0. The molecule has 2 aromatic carbocycles. The summed E-state index contributed by atoms with van der Waals surface area (Å²) in [6, 6.07) is 9.69. The maximum Gasteiger partial charge on any atom is 0.328 e. The van der Waals surface area contributed by atoms with E-state index in [1.165, 1.54) is 7.11 Å². The molecule has 0 aliphatic rings. The Morgan fingerprint density at radius 3 is 2.48 bits per heavy atom. The highest BCUT2D eigenvalue weighted by atomic mass is 16.5. The highest BCUT2D eigenvalue weighted by Crippen LogP contribution is 2.21. The van der Waals surface area contributed by atoms with Crippen molar-refractivity contribution >= 4 is 28.3 Å². The van der Waals surface area contributed by atoms with Crippen LogP contribution in [0.1, 0.15) is 10.4 Å². The van der Waals surface area contributed by atoms with Crippen molar-refractivity contribution in [1.29, 1.82) is 0 Å². The zero-order valence-electron chi connectivity index (χ0n) is 11.5. The summed E-state index contributed by atoms with van der Waals surface area (Å²) in [5.74, 6) is -1.70. The molecule has 21 heavy (non-hydrogen) atoms. The molecular formula is C15H16N2O4. The third kappa shape index (κ3) is 3.29. The Kier molecular flexibility index (Phi) is 4.39. The lowest BCUT2D eigenvalue weighted by molar-refractivity contribution is -0.140. The SMILES string of the molecule is COCC(NC(=O)c1cc2ccccc2cc1N)C(=O)O. The van der Waals surface area contributed by atoms with E-state index in [0.717, 1.165) is 10.8 Å². The number of carboxylic acids is 1. The fourth-order valence-electron chi connectivity index (χ4n) is 2.03. The molecule has 0 aliphatic carbocycles. The smallest absolute Gasteiger partial charge is 0.328 e. The molecule has 0 spiro atoms. The van der Waals surface area contributed by atoms with Crippen LogP contribution in [0.3, 0.4) is 0 Å². The van der Waals surface area contributed by atoms with Crippen molar-refractivity contribution in [3.8, 4) is 0 Å². The quantitative estimate of drug-likeness (QED) is 0.719. The number of methoxy groups -OCH3 is 1. The number of nitrogen functional groups attached to an aromatic ring is 1. The maximum absolute atomic E-state index is 12.2. The number of carbonyl (C=O) groups is 2. The molecule has 1 unspecified atom stereocenters. The van der Waals surface area contributed by atoms with Crippen LogP contribution in [0.5, 0.6) is 0 Å². The average Bonchev–Trinajstić information content (AvgIpc) is 2.45. The highest BCUT2D eigenvalue weighted by Gasteiger charge is 2.21. The first-order chi connectivity index (χ1) is 10.0. The number of amides is 1. The number of fused-ring (bicyclic) bond motifs is 1. The zero-order valence-corrected chi connectivity index (χ0v) is 11.5. The van der Waals surface area contributed by atoms with Gasteiger partial charge in [-0.1, -0.05) is 24.3 Å². The summed E-state index contributed by atoms with van der Waals surface area (Å²) in [6.45, 7) is -0.117. The van der Waals surface area contributed by atoms with Gasteiger partial charge in [0.1, 0.15) is 0 Å². The number of carboxylic acid groups (broad SMARTS) is 1. The molecule has 0 saturated heterocycles. The van der Waals surface area contributed by atoms with Gasteiger partial charge in [-0.2, -0.15) is 0 Å². The summed E-state index contributed by atoms with van der Waals surface area (Å²) >= 11 is 0. The van der Waals surface area contributed by atoms with Gasteiger partial charge in [0.05, 0.1) is 12.2 Å². The van der Waals surface area contributed by atoms with Crippen molar-refractivity contribution in [3.63, 3.8) is 0 Å². The summed E-state index contributed by atoms with van der Waals surface area (Å²) in [6.07, 6.45) is 0. The Bertz CT molecular complexity index is 684. The number of rotatable bonds is 5. The first-order valence-electron chi connectivity index (χ1n) is 6.34. The fraction of sp³-hybridized carbons (Fsp3) is 0.200. The summed E-state index contributed by atoms with van der Waals surface area (Å²) in [5, 5.41) is 13.2. The molecule has 110 valence electrons. The van der Waals surface area contributed by atoms with Crippen LogP contribution in [0.4, 0.5) is 5.69 Å². The van der Waals surface area contributed by atoms with E-state index < -0.39 is 17.9 Å². The lowest BCUT2D eigenvalue weighted by Gasteiger charge is -2.15. The number of ether oxygens (including phenoxy) is 1. The summed E-state index contributed by atoms with van der Waals surface area (Å²) in [4.78, 5) is 23.2. The molecule has 1 amide bonds. The molecule has 4 N–H and O–H groups in total. The van der Waals surface area contributed by atoms with Crippen molar-refractivity contribution in [2.45, 2.75) is 6.04 Å². The Labute approximate surface area is 121 Å². The van der Waals surface area contributed by atoms with E-state index in [-0.39, 0.29) is 12.2 Å². The summed E-state index contributed by atoms with van der Waals surface area (Å²) in [5.41, 5.74) is 6.42. The molecule has 0 saturated carbocycles. The molecule has 0 aliphatic heterocycles. The second-order valence-corrected chi connectivity index (χ2v) is 4.61. The molecule has 0 bridgehead atoms. The van der Waals surface area contributed by atoms with E-state index in [4.69, 9.17) is 15.6 Å². The Morgan fingerprint density at radius 2 is 1.90 bits per heavy atom. The summed E-state index contributed by atoms with van der Waals surface area (Å²) < 4.78 is 4.78. The molecule has 1 atom stereocenters. The Balaban J connectivity index is 2.30. The van der Waals surface area contributed by atoms with Crippen LogP contribution >= 0.6 is 0 Å². The van der Waals surface area contributed by atoms with Crippen molar-refractivity contribution in [1.82, 2.24) is 5.32 Å². The molecule has 6 nitrogen and oxygen atoms in total. The number of hydrogen-bond acceptors (Lipinski definition) is 4. The predicted octanol–water partition coefficient (Wildman–Crippen LogP) is 1.25. The maximum atomic E-state index is 12.2. The highest BCUT2D eigenvalue weighted by molar-refractivity contribution is 6.05. The zero-order chi connectivity index (χ0) is 15.4. The van der Waals surface area contributed by atoms with Crippen LogP contribution in [-0.4, -0.2) is 36.7 Å². The third-order valence-corrected chi connectivity index (χ3v) is 3.10.